The van der Waals surface area contributed by atoms with Gasteiger partial charge in [0.15, 0.2) is 0 Å². The van der Waals surface area contributed by atoms with Crippen LogP contribution >= 0.6 is 15.9 Å². The van der Waals surface area contributed by atoms with E-state index in [9.17, 15) is 0 Å². The van der Waals surface area contributed by atoms with Gasteiger partial charge in [0.1, 0.15) is 0 Å². The Hall–Kier alpha value is 0.400. The van der Waals surface area contributed by atoms with Crippen LogP contribution in [0.4, 0.5) is 0 Å². The molecule has 3 heteroatoms. The van der Waals surface area contributed by atoms with Gasteiger partial charge in [-0.05, 0) is 39.4 Å². The fraction of sp³-hybridized carbons (Fsp3) is 1.00. The summed E-state index contributed by atoms with van der Waals surface area (Å²) in [5.41, 5.74) is 0. The second-order valence-corrected chi connectivity index (χ2v) is 4.65. The van der Waals surface area contributed by atoms with Crippen molar-refractivity contribution in [3.63, 3.8) is 0 Å². The van der Waals surface area contributed by atoms with Crippen LogP contribution in [0.1, 0.15) is 25.7 Å². The van der Waals surface area contributed by atoms with Crippen LogP contribution < -0.4 is 5.32 Å². The lowest BCUT2D eigenvalue weighted by atomic mass is 10.0. The van der Waals surface area contributed by atoms with Gasteiger partial charge in [0, 0.05) is 17.9 Å². The van der Waals surface area contributed by atoms with Gasteiger partial charge >= 0.3 is 0 Å². The lowest BCUT2D eigenvalue weighted by Gasteiger charge is -2.32. The van der Waals surface area contributed by atoms with E-state index in [4.69, 9.17) is 0 Å². The van der Waals surface area contributed by atoms with Crippen molar-refractivity contribution in [1.82, 2.24) is 10.2 Å². The van der Waals surface area contributed by atoms with E-state index in [-0.39, 0.29) is 0 Å². The van der Waals surface area contributed by atoms with Crippen molar-refractivity contribution in [2.24, 2.45) is 0 Å². The molecular weight excluding hydrogens is 228 g/mol. The third-order valence-electron chi connectivity index (χ3n) is 2.85. The monoisotopic (exact) mass is 248 g/mol. The van der Waals surface area contributed by atoms with Crippen LogP contribution in [0.15, 0.2) is 0 Å². The maximum atomic E-state index is 3.43. The Balaban J connectivity index is 2.05. The maximum Gasteiger partial charge on any atom is 0.0157 e. The fourth-order valence-electron chi connectivity index (χ4n) is 1.97. The summed E-state index contributed by atoms with van der Waals surface area (Å²) in [6.45, 7) is 3.56. The van der Waals surface area contributed by atoms with Gasteiger partial charge in [0.05, 0.1) is 0 Å². The van der Waals surface area contributed by atoms with Crippen LogP contribution in [0, 0.1) is 0 Å². The summed E-state index contributed by atoms with van der Waals surface area (Å²) < 4.78 is 0. The molecule has 1 aliphatic rings. The van der Waals surface area contributed by atoms with Crippen molar-refractivity contribution in [3.05, 3.63) is 0 Å². The van der Waals surface area contributed by atoms with E-state index in [1.54, 1.807) is 0 Å². The molecule has 1 unspecified atom stereocenters. The first kappa shape index (κ1) is 11.5. The number of hydrogen-bond acceptors (Lipinski definition) is 2. The minimum Gasteiger partial charge on any atom is -0.316 e. The molecule has 0 aromatic heterocycles. The first-order chi connectivity index (χ1) is 6.34. The predicted molar refractivity (Wildman–Crippen MR) is 61.5 cm³/mol. The van der Waals surface area contributed by atoms with Gasteiger partial charge in [-0.25, -0.2) is 0 Å². The normalized spacial score (nSPS) is 24.9. The Morgan fingerprint density at radius 3 is 2.92 bits per heavy atom. The number of rotatable bonds is 5. The molecule has 0 bridgehead atoms. The summed E-state index contributed by atoms with van der Waals surface area (Å²) in [5.74, 6) is 0. The highest BCUT2D eigenvalue weighted by atomic mass is 79.9. The number of hydrogen-bond donors (Lipinski definition) is 1. The third-order valence-corrected chi connectivity index (χ3v) is 3.24. The maximum absolute atomic E-state index is 3.43. The zero-order valence-corrected chi connectivity index (χ0v) is 10.1. The predicted octanol–water partition coefficient (Wildman–Crippen LogP) is 1.85. The first-order valence-electron chi connectivity index (χ1n) is 5.31. The number of nitrogens with zero attached hydrogens (tertiary/aromatic N) is 1. The molecule has 1 saturated heterocycles. The number of likely N-dealkylation sites (tertiary alicyclic amines) is 1. The van der Waals surface area contributed by atoms with E-state index in [0.717, 1.165) is 17.9 Å². The Morgan fingerprint density at radius 2 is 2.23 bits per heavy atom. The van der Waals surface area contributed by atoms with E-state index >= 15 is 0 Å². The molecule has 0 aromatic rings. The molecule has 1 fully saturated rings. The van der Waals surface area contributed by atoms with Crippen molar-refractivity contribution in [1.29, 1.82) is 0 Å². The van der Waals surface area contributed by atoms with Crippen molar-refractivity contribution in [3.8, 4) is 0 Å². The van der Waals surface area contributed by atoms with E-state index in [2.05, 4.69) is 33.2 Å². The Morgan fingerprint density at radius 1 is 1.38 bits per heavy atom. The number of alkyl halides is 1. The molecule has 2 nitrogen and oxygen atoms in total. The Kier molecular flexibility index (Phi) is 6.00. The third kappa shape index (κ3) is 4.43. The van der Waals surface area contributed by atoms with Gasteiger partial charge in [0.25, 0.3) is 0 Å². The summed E-state index contributed by atoms with van der Waals surface area (Å²) in [6.07, 6.45) is 5.52. The SMILES string of the molecule is CN1CCCCC1CCNCCBr. The highest BCUT2D eigenvalue weighted by Crippen LogP contribution is 2.16. The molecule has 0 aromatic carbocycles. The zero-order valence-electron chi connectivity index (χ0n) is 8.56. The molecule has 1 rings (SSSR count). The van der Waals surface area contributed by atoms with Crippen molar-refractivity contribution >= 4 is 15.9 Å². The molecule has 1 N–H and O–H groups in total. The highest BCUT2D eigenvalue weighted by molar-refractivity contribution is 9.09. The lowest BCUT2D eigenvalue weighted by molar-refractivity contribution is 0.176. The van der Waals surface area contributed by atoms with E-state index < -0.39 is 0 Å². The van der Waals surface area contributed by atoms with E-state index in [0.29, 0.717) is 0 Å². The van der Waals surface area contributed by atoms with Crippen molar-refractivity contribution in [2.45, 2.75) is 31.7 Å². The molecule has 0 saturated carbocycles. The van der Waals surface area contributed by atoms with Gasteiger partial charge in [-0.2, -0.15) is 0 Å². The molecule has 1 atom stereocenters. The Labute approximate surface area is 90.2 Å². The van der Waals surface area contributed by atoms with Crippen LogP contribution in [-0.4, -0.2) is 43.0 Å². The smallest absolute Gasteiger partial charge is 0.0157 e. The van der Waals surface area contributed by atoms with Gasteiger partial charge in [0.2, 0.25) is 0 Å². The number of nitrogens with one attached hydrogen (secondary N) is 1. The summed E-state index contributed by atoms with van der Waals surface area (Å²) in [6, 6.07) is 0.830. The van der Waals surface area contributed by atoms with Crippen LogP contribution in [0.25, 0.3) is 0 Å². The lowest BCUT2D eigenvalue weighted by Crippen LogP contribution is -2.38. The fourth-order valence-corrected chi connectivity index (χ4v) is 2.25. The quantitative estimate of drug-likeness (QED) is 0.591. The second-order valence-electron chi connectivity index (χ2n) is 3.86. The van der Waals surface area contributed by atoms with Crippen LogP contribution in [-0.2, 0) is 0 Å². The highest BCUT2D eigenvalue weighted by Gasteiger charge is 2.17. The van der Waals surface area contributed by atoms with Crippen LogP contribution in [0.5, 0.6) is 0 Å². The summed E-state index contributed by atoms with van der Waals surface area (Å²) in [7, 11) is 2.26. The molecular formula is C10H21BrN2. The topological polar surface area (TPSA) is 15.3 Å². The summed E-state index contributed by atoms with van der Waals surface area (Å²) in [5, 5.41) is 4.49. The summed E-state index contributed by atoms with van der Waals surface area (Å²) >= 11 is 3.41. The molecule has 0 aliphatic carbocycles. The van der Waals surface area contributed by atoms with Gasteiger partial charge in [-0.15, -0.1) is 0 Å². The second kappa shape index (κ2) is 6.80. The minimum absolute atomic E-state index is 0.830. The minimum atomic E-state index is 0.830. The van der Waals surface area contributed by atoms with Crippen LogP contribution in [0.3, 0.4) is 0 Å². The standard InChI is InChI=1S/C10H21BrN2/c1-13-9-3-2-4-10(13)5-7-12-8-6-11/h10,12H,2-9H2,1H3. The van der Waals surface area contributed by atoms with Crippen molar-refractivity contribution in [2.75, 3.05) is 32.0 Å². The molecule has 1 aliphatic heterocycles. The van der Waals surface area contributed by atoms with Gasteiger partial charge in [-0.1, -0.05) is 22.4 Å². The average Bonchev–Trinajstić information content (AvgIpc) is 2.15. The molecule has 78 valence electrons. The average molecular weight is 249 g/mol. The van der Waals surface area contributed by atoms with Crippen molar-refractivity contribution < 1.29 is 0 Å². The largest absolute Gasteiger partial charge is 0.316 e. The zero-order chi connectivity index (χ0) is 9.52. The van der Waals surface area contributed by atoms with Gasteiger partial charge in [-0.3, -0.25) is 0 Å². The van der Waals surface area contributed by atoms with E-state index in [1.165, 1.54) is 38.8 Å². The van der Waals surface area contributed by atoms with Gasteiger partial charge < -0.3 is 10.2 Å². The summed E-state index contributed by atoms with van der Waals surface area (Å²) in [4.78, 5) is 2.51. The number of piperidine rings is 1. The van der Waals surface area contributed by atoms with E-state index in [1.807, 2.05) is 0 Å². The molecule has 0 radical (unpaired) electrons. The molecule has 0 spiro atoms. The Bertz CT molecular complexity index is 130. The molecule has 0 amide bonds. The first-order valence-corrected chi connectivity index (χ1v) is 6.43. The molecule has 13 heavy (non-hydrogen) atoms. The molecule has 1 heterocycles. The van der Waals surface area contributed by atoms with Crippen LogP contribution in [0.2, 0.25) is 0 Å². The number of halogens is 1.